The minimum absolute atomic E-state index is 0.366. The normalized spacial score (nSPS) is 11.3. The highest BCUT2D eigenvalue weighted by Crippen LogP contribution is 2.25. The van der Waals surface area contributed by atoms with Crippen molar-refractivity contribution in [3.8, 4) is 11.5 Å². The summed E-state index contributed by atoms with van der Waals surface area (Å²) in [5, 5.41) is 4.36. The smallest absolute Gasteiger partial charge is 0.260 e. The molecule has 0 aliphatic rings. The van der Waals surface area contributed by atoms with Crippen LogP contribution in [-0.2, 0) is 14.8 Å². The maximum absolute atomic E-state index is 12.3. The summed E-state index contributed by atoms with van der Waals surface area (Å²) in [5.74, 6) is 0.529. The molecule has 0 aliphatic heterocycles. The van der Waals surface area contributed by atoms with Gasteiger partial charge >= 0.3 is 0 Å². The van der Waals surface area contributed by atoms with Gasteiger partial charge in [-0.1, -0.05) is 11.6 Å². The maximum Gasteiger partial charge on any atom is 0.260 e. The number of hydrazone groups is 1. The van der Waals surface area contributed by atoms with Crippen molar-refractivity contribution in [2.24, 2.45) is 5.10 Å². The SMILES string of the molecule is COc1ccc(OC)c(/C=N\NC(=O)CN(c2ccc(Cl)cc2C)S(C)(=O)=O)c1. The van der Waals surface area contributed by atoms with Crippen LogP contribution in [0.4, 0.5) is 5.69 Å². The highest BCUT2D eigenvalue weighted by Gasteiger charge is 2.22. The minimum atomic E-state index is -3.70. The van der Waals surface area contributed by atoms with Crippen LogP contribution < -0.4 is 19.2 Å². The molecule has 0 bridgehead atoms. The van der Waals surface area contributed by atoms with Crippen LogP contribution in [0.5, 0.6) is 11.5 Å². The average molecular weight is 440 g/mol. The van der Waals surface area contributed by atoms with Crippen molar-refractivity contribution < 1.29 is 22.7 Å². The van der Waals surface area contributed by atoms with Crippen molar-refractivity contribution in [3.63, 3.8) is 0 Å². The van der Waals surface area contributed by atoms with E-state index in [4.69, 9.17) is 21.1 Å². The molecule has 1 N–H and O–H groups in total. The Kier molecular flexibility index (Phi) is 7.46. The summed E-state index contributed by atoms with van der Waals surface area (Å²) in [7, 11) is -0.663. The summed E-state index contributed by atoms with van der Waals surface area (Å²) in [6, 6.07) is 9.86. The first kappa shape index (κ1) is 22.5. The molecule has 0 saturated carbocycles. The van der Waals surface area contributed by atoms with Crippen molar-refractivity contribution in [3.05, 3.63) is 52.5 Å². The van der Waals surface area contributed by atoms with Gasteiger partial charge in [0.1, 0.15) is 18.0 Å². The number of anilines is 1. The number of amides is 1. The molecule has 8 nitrogen and oxygen atoms in total. The van der Waals surface area contributed by atoms with E-state index < -0.39 is 22.5 Å². The number of halogens is 1. The quantitative estimate of drug-likeness (QED) is 0.503. The van der Waals surface area contributed by atoms with Gasteiger partial charge in [-0.05, 0) is 48.9 Å². The number of benzene rings is 2. The van der Waals surface area contributed by atoms with Gasteiger partial charge in [-0.3, -0.25) is 9.10 Å². The van der Waals surface area contributed by atoms with E-state index in [9.17, 15) is 13.2 Å². The lowest BCUT2D eigenvalue weighted by molar-refractivity contribution is -0.119. The van der Waals surface area contributed by atoms with Crippen LogP contribution in [-0.4, -0.2) is 47.6 Å². The van der Waals surface area contributed by atoms with Gasteiger partial charge in [0, 0.05) is 10.6 Å². The zero-order chi connectivity index (χ0) is 21.6. The van der Waals surface area contributed by atoms with E-state index in [2.05, 4.69) is 10.5 Å². The fourth-order valence-electron chi connectivity index (χ4n) is 2.56. The third-order valence-corrected chi connectivity index (χ3v) is 5.31. The monoisotopic (exact) mass is 439 g/mol. The Hall–Kier alpha value is -2.78. The summed E-state index contributed by atoms with van der Waals surface area (Å²) >= 11 is 5.93. The Bertz CT molecular complexity index is 1020. The van der Waals surface area contributed by atoms with Crippen molar-refractivity contribution in [2.75, 3.05) is 31.3 Å². The number of rotatable bonds is 8. The second-order valence-corrected chi connectivity index (χ2v) is 8.44. The number of ether oxygens (including phenoxy) is 2. The van der Waals surface area contributed by atoms with Crippen LogP contribution in [0.1, 0.15) is 11.1 Å². The van der Waals surface area contributed by atoms with Crippen LogP contribution in [0, 0.1) is 6.92 Å². The third kappa shape index (κ3) is 6.10. The Labute approximate surface area is 175 Å². The number of methoxy groups -OCH3 is 2. The molecule has 2 rings (SSSR count). The van der Waals surface area contributed by atoms with E-state index in [0.29, 0.717) is 33.3 Å². The summed E-state index contributed by atoms with van der Waals surface area (Å²) in [6.45, 7) is 1.28. The molecule has 0 aromatic heterocycles. The molecule has 0 fully saturated rings. The predicted molar refractivity (Wildman–Crippen MR) is 114 cm³/mol. The number of nitrogens with zero attached hydrogens (tertiary/aromatic N) is 2. The minimum Gasteiger partial charge on any atom is -0.497 e. The molecule has 0 aliphatic carbocycles. The molecule has 0 saturated heterocycles. The number of carbonyl (C=O) groups excluding carboxylic acids is 1. The summed E-state index contributed by atoms with van der Waals surface area (Å²) < 4.78 is 35.8. The lowest BCUT2D eigenvalue weighted by atomic mass is 10.2. The van der Waals surface area contributed by atoms with Gasteiger partial charge in [0.2, 0.25) is 10.0 Å². The molecule has 0 radical (unpaired) electrons. The Balaban J connectivity index is 2.16. The molecule has 2 aromatic rings. The fourth-order valence-corrected chi connectivity index (χ4v) is 3.70. The molecule has 1 amide bonds. The van der Waals surface area contributed by atoms with Crippen LogP contribution in [0.3, 0.4) is 0 Å². The van der Waals surface area contributed by atoms with E-state index in [-0.39, 0.29) is 0 Å². The lowest BCUT2D eigenvalue weighted by Crippen LogP contribution is -2.39. The molecule has 10 heteroatoms. The topological polar surface area (TPSA) is 97.3 Å². The highest BCUT2D eigenvalue weighted by atomic mass is 35.5. The molecule has 156 valence electrons. The maximum atomic E-state index is 12.3. The predicted octanol–water partition coefficient (Wildman–Crippen LogP) is 2.58. The average Bonchev–Trinajstić information content (AvgIpc) is 2.65. The van der Waals surface area contributed by atoms with Gasteiger partial charge in [-0.15, -0.1) is 0 Å². The molecule has 0 atom stereocenters. The number of hydrogen-bond acceptors (Lipinski definition) is 6. The van der Waals surface area contributed by atoms with Gasteiger partial charge in [0.15, 0.2) is 0 Å². The summed E-state index contributed by atoms with van der Waals surface area (Å²) in [4.78, 5) is 12.3. The number of hydrogen-bond donors (Lipinski definition) is 1. The van der Waals surface area contributed by atoms with E-state index in [0.717, 1.165) is 10.6 Å². The standard InChI is InChI=1S/C19H22ClN3O5S/c1-13-9-15(20)5-7-17(13)23(29(4,25)26)12-19(24)22-21-11-14-10-16(27-2)6-8-18(14)28-3/h5-11H,12H2,1-4H3,(H,22,24)/b21-11-. The lowest BCUT2D eigenvalue weighted by Gasteiger charge is -2.23. The van der Waals surface area contributed by atoms with E-state index in [1.807, 2.05) is 0 Å². The van der Waals surface area contributed by atoms with Crippen LogP contribution in [0.2, 0.25) is 5.02 Å². The molecule has 29 heavy (non-hydrogen) atoms. The zero-order valence-electron chi connectivity index (χ0n) is 16.5. The second-order valence-electron chi connectivity index (χ2n) is 6.10. The number of aryl methyl sites for hydroxylation is 1. The molecule has 0 unspecified atom stereocenters. The number of nitrogens with one attached hydrogen (secondary N) is 1. The van der Waals surface area contributed by atoms with Gasteiger partial charge in [0.05, 0.1) is 32.4 Å². The number of carbonyl (C=O) groups is 1. The van der Waals surface area contributed by atoms with Crippen LogP contribution >= 0.6 is 11.6 Å². The fraction of sp³-hybridized carbons (Fsp3) is 0.263. The molecular formula is C19H22ClN3O5S. The largest absolute Gasteiger partial charge is 0.497 e. The van der Waals surface area contributed by atoms with Crippen LogP contribution in [0.25, 0.3) is 0 Å². The summed E-state index contributed by atoms with van der Waals surface area (Å²) in [6.07, 6.45) is 2.41. The first-order chi connectivity index (χ1) is 13.7. The molecule has 2 aromatic carbocycles. The van der Waals surface area contributed by atoms with Gasteiger partial charge in [0.25, 0.3) is 5.91 Å². The van der Waals surface area contributed by atoms with E-state index in [1.54, 1.807) is 43.3 Å². The Morgan fingerprint density at radius 2 is 1.93 bits per heavy atom. The molecular weight excluding hydrogens is 418 g/mol. The summed E-state index contributed by atoms with van der Waals surface area (Å²) in [5.41, 5.74) is 3.90. The second kappa shape index (κ2) is 9.62. The van der Waals surface area contributed by atoms with Gasteiger partial charge in [-0.2, -0.15) is 5.10 Å². The van der Waals surface area contributed by atoms with E-state index in [1.165, 1.54) is 20.4 Å². The zero-order valence-corrected chi connectivity index (χ0v) is 18.0. The highest BCUT2D eigenvalue weighted by molar-refractivity contribution is 7.92. The van der Waals surface area contributed by atoms with Gasteiger partial charge in [-0.25, -0.2) is 13.8 Å². The van der Waals surface area contributed by atoms with E-state index >= 15 is 0 Å². The van der Waals surface area contributed by atoms with Crippen LogP contribution in [0.15, 0.2) is 41.5 Å². The van der Waals surface area contributed by atoms with Crippen molar-refractivity contribution in [2.45, 2.75) is 6.92 Å². The van der Waals surface area contributed by atoms with Crippen molar-refractivity contribution in [1.29, 1.82) is 0 Å². The number of sulfonamides is 1. The van der Waals surface area contributed by atoms with Crippen molar-refractivity contribution >= 4 is 39.4 Å². The third-order valence-electron chi connectivity index (χ3n) is 3.94. The van der Waals surface area contributed by atoms with Crippen molar-refractivity contribution in [1.82, 2.24) is 5.43 Å². The Morgan fingerprint density at radius 3 is 2.52 bits per heavy atom. The first-order valence-electron chi connectivity index (χ1n) is 8.43. The van der Waals surface area contributed by atoms with Gasteiger partial charge < -0.3 is 9.47 Å². The first-order valence-corrected chi connectivity index (χ1v) is 10.7. The molecule has 0 heterocycles. The molecule has 0 spiro atoms. The Morgan fingerprint density at radius 1 is 1.21 bits per heavy atom.